The number of oxime groups is 1. The van der Waals surface area contributed by atoms with Crippen LogP contribution in [0.4, 0.5) is 0 Å². The summed E-state index contributed by atoms with van der Waals surface area (Å²) in [5.74, 6) is 0. The molecule has 3 heteroatoms. The monoisotopic (exact) mass is 313 g/mol. The lowest BCUT2D eigenvalue weighted by atomic mass is 9.88. The Morgan fingerprint density at radius 3 is 2.91 bits per heavy atom. The number of aryl methyl sites for hydroxylation is 1. The van der Waals surface area contributed by atoms with E-state index in [0.29, 0.717) is 5.41 Å². The molecular weight excluding hydrogens is 286 g/mol. The molecule has 1 aromatic rings. The number of methoxy groups -OCH3 is 1. The summed E-state index contributed by atoms with van der Waals surface area (Å²) in [6.45, 7) is 6.94. The molecule has 1 aliphatic heterocycles. The van der Waals surface area contributed by atoms with E-state index in [0.717, 1.165) is 31.6 Å². The van der Waals surface area contributed by atoms with Gasteiger partial charge in [0.15, 0.2) is 0 Å². The average molecular weight is 313 g/mol. The minimum Gasteiger partial charge on any atom is -0.391 e. The summed E-state index contributed by atoms with van der Waals surface area (Å²) in [5.41, 5.74) is 5.13. The maximum absolute atomic E-state index is 5.83. The predicted molar refractivity (Wildman–Crippen MR) is 94.7 cm³/mol. The Labute approximate surface area is 139 Å². The van der Waals surface area contributed by atoms with Gasteiger partial charge in [0.05, 0.1) is 5.71 Å². The highest BCUT2D eigenvalue weighted by Gasteiger charge is 2.52. The average Bonchev–Trinajstić information content (AvgIpc) is 3.20. The number of nitrogens with zero attached hydrogens (tertiary/aromatic N) is 1. The van der Waals surface area contributed by atoms with E-state index in [9.17, 15) is 0 Å². The Balaban J connectivity index is 1.67. The van der Waals surface area contributed by atoms with Crippen molar-refractivity contribution in [3.05, 3.63) is 41.5 Å². The molecule has 1 heterocycles. The van der Waals surface area contributed by atoms with E-state index in [1.165, 1.54) is 36.0 Å². The van der Waals surface area contributed by atoms with Gasteiger partial charge < -0.3 is 9.57 Å². The van der Waals surface area contributed by atoms with E-state index in [1.807, 2.05) is 6.08 Å². The van der Waals surface area contributed by atoms with Crippen molar-refractivity contribution in [2.45, 2.75) is 51.6 Å². The molecule has 0 radical (unpaired) electrons. The zero-order valence-electron chi connectivity index (χ0n) is 14.3. The smallest absolute Gasteiger partial charge is 0.138 e. The predicted octanol–water partition coefficient (Wildman–Crippen LogP) is 4.59. The molecule has 0 bridgehead atoms. The van der Waals surface area contributed by atoms with Crippen LogP contribution < -0.4 is 0 Å². The van der Waals surface area contributed by atoms with Gasteiger partial charge in [-0.3, -0.25) is 0 Å². The molecule has 1 aromatic carbocycles. The van der Waals surface area contributed by atoms with Crippen LogP contribution in [0, 0.1) is 5.41 Å². The van der Waals surface area contributed by atoms with Gasteiger partial charge in [0.25, 0.3) is 0 Å². The third-order valence-corrected chi connectivity index (χ3v) is 5.35. The van der Waals surface area contributed by atoms with Crippen molar-refractivity contribution in [1.82, 2.24) is 0 Å². The van der Waals surface area contributed by atoms with E-state index in [4.69, 9.17) is 9.57 Å². The quantitative estimate of drug-likeness (QED) is 0.657. The number of hydrogen-bond donors (Lipinski definition) is 0. The second-order valence-corrected chi connectivity index (χ2v) is 6.77. The number of hydrogen-bond acceptors (Lipinski definition) is 3. The number of rotatable bonds is 8. The van der Waals surface area contributed by atoms with Gasteiger partial charge in [-0.2, -0.15) is 0 Å². The van der Waals surface area contributed by atoms with Crippen molar-refractivity contribution in [2.75, 3.05) is 13.7 Å². The van der Waals surface area contributed by atoms with Crippen molar-refractivity contribution in [3.8, 4) is 0 Å². The Morgan fingerprint density at radius 1 is 1.43 bits per heavy atom. The highest BCUT2D eigenvalue weighted by molar-refractivity contribution is 6.01. The molecule has 3 rings (SSSR count). The molecule has 0 saturated heterocycles. The first kappa shape index (κ1) is 16.3. The largest absolute Gasteiger partial charge is 0.391 e. The van der Waals surface area contributed by atoms with Gasteiger partial charge in [0.2, 0.25) is 0 Å². The van der Waals surface area contributed by atoms with E-state index in [2.05, 4.69) is 36.9 Å². The summed E-state index contributed by atoms with van der Waals surface area (Å²) >= 11 is 0. The molecule has 0 spiro atoms. The van der Waals surface area contributed by atoms with Gasteiger partial charge >= 0.3 is 0 Å². The fourth-order valence-corrected chi connectivity index (χ4v) is 3.62. The van der Waals surface area contributed by atoms with E-state index in [-0.39, 0.29) is 6.10 Å². The first-order chi connectivity index (χ1) is 11.2. The van der Waals surface area contributed by atoms with E-state index < -0.39 is 0 Å². The van der Waals surface area contributed by atoms with Crippen LogP contribution in [-0.4, -0.2) is 25.5 Å². The van der Waals surface area contributed by atoms with Gasteiger partial charge in [-0.05, 0) is 49.3 Å². The molecule has 2 aliphatic rings. The van der Waals surface area contributed by atoms with Crippen molar-refractivity contribution in [3.63, 3.8) is 0 Å². The Bertz CT molecular complexity index is 602. The second-order valence-electron chi connectivity index (χ2n) is 6.77. The fraction of sp³-hybridized carbons (Fsp3) is 0.550. The third kappa shape index (κ3) is 3.35. The van der Waals surface area contributed by atoms with Gasteiger partial charge in [-0.25, -0.2) is 0 Å². The molecule has 124 valence electrons. The van der Waals surface area contributed by atoms with Crippen LogP contribution >= 0.6 is 0 Å². The summed E-state index contributed by atoms with van der Waals surface area (Å²) in [6, 6.07) is 6.55. The van der Waals surface area contributed by atoms with Gasteiger partial charge in [-0.15, -0.1) is 0 Å². The molecule has 1 atom stereocenters. The summed E-state index contributed by atoms with van der Waals surface area (Å²) in [6.07, 6.45) is 8.94. The number of ether oxygens (including phenoxy) is 1. The lowest BCUT2D eigenvalue weighted by Gasteiger charge is -2.20. The zero-order valence-corrected chi connectivity index (χ0v) is 14.3. The fourth-order valence-electron chi connectivity index (χ4n) is 3.62. The van der Waals surface area contributed by atoms with Crippen molar-refractivity contribution < 1.29 is 9.57 Å². The Morgan fingerprint density at radius 2 is 2.26 bits per heavy atom. The summed E-state index contributed by atoms with van der Waals surface area (Å²) in [7, 11) is 1.77. The molecule has 3 nitrogen and oxygen atoms in total. The lowest BCUT2D eigenvalue weighted by molar-refractivity contribution is 0.0222. The molecule has 1 fully saturated rings. The minimum atomic E-state index is 0.243. The summed E-state index contributed by atoms with van der Waals surface area (Å²) in [5, 5.41) is 4.40. The second kappa shape index (κ2) is 6.88. The minimum absolute atomic E-state index is 0.243. The molecule has 23 heavy (non-hydrogen) atoms. The Kier molecular flexibility index (Phi) is 4.86. The van der Waals surface area contributed by atoms with E-state index >= 15 is 0 Å². The summed E-state index contributed by atoms with van der Waals surface area (Å²) < 4.78 is 5.19. The van der Waals surface area contributed by atoms with Crippen LogP contribution in [0.1, 0.15) is 55.7 Å². The highest BCUT2D eigenvalue weighted by Crippen LogP contribution is 2.55. The molecule has 0 aromatic heterocycles. The molecular formula is C20H27NO2. The van der Waals surface area contributed by atoms with Crippen molar-refractivity contribution >= 4 is 11.8 Å². The van der Waals surface area contributed by atoms with Gasteiger partial charge in [0, 0.05) is 31.1 Å². The first-order valence-corrected chi connectivity index (χ1v) is 8.70. The maximum Gasteiger partial charge on any atom is 0.138 e. The maximum atomic E-state index is 5.83. The zero-order chi connectivity index (χ0) is 16.3. The lowest BCUT2D eigenvalue weighted by Crippen LogP contribution is -2.23. The van der Waals surface area contributed by atoms with Crippen molar-refractivity contribution in [2.24, 2.45) is 10.6 Å². The highest BCUT2D eigenvalue weighted by atomic mass is 16.6. The Hall–Kier alpha value is -1.61. The molecule has 0 N–H and O–H groups in total. The third-order valence-electron chi connectivity index (χ3n) is 5.35. The molecule has 1 saturated carbocycles. The van der Waals surface area contributed by atoms with Crippen LogP contribution in [0.15, 0.2) is 29.9 Å². The number of benzene rings is 1. The topological polar surface area (TPSA) is 30.8 Å². The van der Waals surface area contributed by atoms with Crippen LogP contribution in [0.25, 0.3) is 6.08 Å². The first-order valence-electron chi connectivity index (χ1n) is 8.70. The molecule has 1 aliphatic carbocycles. The summed E-state index contributed by atoms with van der Waals surface area (Å²) in [4.78, 5) is 5.83. The van der Waals surface area contributed by atoms with Crippen LogP contribution in [-0.2, 0) is 16.0 Å². The molecule has 1 unspecified atom stereocenters. The molecule has 0 amide bonds. The van der Waals surface area contributed by atoms with Gasteiger partial charge in [-0.1, -0.05) is 36.9 Å². The van der Waals surface area contributed by atoms with E-state index in [1.54, 1.807) is 7.11 Å². The standard InChI is InChI=1S/C20H27NO2/c1-4-15-7-8-17(13-16(15)5-2)18-14-19(23-21-18)20(10-11-20)9-6-12-22-3/h5,7-8,13,19H,2,4,6,9-12,14H2,1,3H3. The normalized spacial score (nSPS) is 21.7. The van der Waals surface area contributed by atoms with Crippen molar-refractivity contribution in [1.29, 1.82) is 0 Å². The van der Waals surface area contributed by atoms with Crippen LogP contribution in [0.3, 0.4) is 0 Å². The SMILES string of the molecule is C=Cc1cc(C2=NOC(C3(CCCOC)CC3)C2)ccc1CC. The van der Waals surface area contributed by atoms with Gasteiger partial charge in [0.1, 0.15) is 6.10 Å². The van der Waals surface area contributed by atoms with Crippen LogP contribution in [0.5, 0.6) is 0 Å². The van der Waals surface area contributed by atoms with Crippen LogP contribution in [0.2, 0.25) is 0 Å².